The van der Waals surface area contributed by atoms with E-state index in [1.807, 2.05) is 18.2 Å². The summed E-state index contributed by atoms with van der Waals surface area (Å²) in [5, 5.41) is 0. The van der Waals surface area contributed by atoms with Gasteiger partial charge in [0.05, 0.1) is 0 Å². The maximum absolute atomic E-state index is 5.53. The summed E-state index contributed by atoms with van der Waals surface area (Å²) < 4.78 is 0.988. The maximum atomic E-state index is 5.53. The van der Waals surface area contributed by atoms with Crippen molar-refractivity contribution < 1.29 is 0 Å². The van der Waals surface area contributed by atoms with Crippen LogP contribution in [0.4, 0.5) is 0 Å². The third kappa shape index (κ3) is 1.48. The van der Waals surface area contributed by atoms with Gasteiger partial charge in [0.2, 0.25) is 0 Å². The van der Waals surface area contributed by atoms with Gasteiger partial charge >= 0.3 is 58.1 Å². The summed E-state index contributed by atoms with van der Waals surface area (Å²) in [6.45, 7) is 0. The van der Waals surface area contributed by atoms with Crippen LogP contribution in [0.1, 0.15) is 0 Å². The van der Waals surface area contributed by atoms with Crippen LogP contribution in [0, 0.1) is 0 Å². The zero-order chi connectivity index (χ0) is 5.82. The Morgan fingerprint density at radius 2 is 2.38 bits per heavy atom. The van der Waals surface area contributed by atoms with Crippen molar-refractivity contribution in [3.63, 3.8) is 0 Å². The fourth-order valence-electron chi connectivity index (χ4n) is 0.393. The van der Waals surface area contributed by atoms with Crippen molar-refractivity contribution in [1.29, 1.82) is 0 Å². The van der Waals surface area contributed by atoms with Crippen LogP contribution in [-0.4, -0.2) is 19.0 Å². The Morgan fingerprint density at radius 1 is 1.50 bits per heavy atom. The second-order valence-corrected chi connectivity index (χ2v) is 3.25. The molecule has 0 atom stereocenters. The number of rotatable bonds is 1. The summed E-state index contributed by atoms with van der Waals surface area (Å²) in [5.41, 5.74) is 0. The summed E-state index contributed by atoms with van der Waals surface area (Å²) in [7, 11) is 5.53. The van der Waals surface area contributed by atoms with E-state index in [-0.39, 0.29) is 14.0 Å². The van der Waals surface area contributed by atoms with Crippen LogP contribution >= 0.6 is 10.1 Å². The Morgan fingerprint density at radius 3 is 2.75 bits per heavy atom. The number of pyridine rings is 1. The van der Waals surface area contributed by atoms with Gasteiger partial charge in [-0.3, -0.25) is 0 Å². The molecule has 1 heterocycles. The molecule has 0 aliphatic rings. The molecule has 0 unspecified atom stereocenters. The Bertz CT molecular complexity index is 154. The van der Waals surface area contributed by atoms with Gasteiger partial charge in [-0.05, 0) is 0 Å². The van der Waals surface area contributed by atoms with Crippen LogP contribution in [0.3, 0.4) is 0 Å². The Balaban J connectivity index is 2.83. The third-order valence-corrected chi connectivity index (χ3v) is 2.38. The van der Waals surface area contributed by atoms with Crippen molar-refractivity contribution in [3.05, 3.63) is 24.4 Å². The van der Waals surface area contributed by atoms with Crippen molar-refractivity contribution in [3.8, 4) is 0 Å². The van der Waals surface area contributed by atoms with Crippen LogP contribution < -0.4 is 4.59 Å². The molecule has 0 spiro atoms. The first-order valence-electron chi connectivity index (χ1n) is 2.13. The van der Waals surface area contributed by atoms with E-state index in [2.05, 4.69) is 4.98 Å². The van der Waals surface area contributed by atoms with Crippen molar-refractivity contribution >= 4 is 28.7 Å². The molecule has 1 rings (SSSR count). The van der Waals surface area contributed by atoms with Gasteiger partial charge in [-0.25, -0.2) is 0 Å². The van der Waals surface area contributed by atoms with Crippen LogP contribution in [0.25, 0.3) is 0 Å². The Kier molecular flexibility index (Phi) is 2.34. The van der Waals surface area contributed by atoms with Gasteiger partial charge in [0.1, 0.15) is 0 Å². The van der Waals surface area contributed by atoms with Gasteiger partial charge in [-0.15, -0.1) is 0 Å². The standard InChI is InChI=1S/C5H4ClNSe/c6-8-5-3-1-2-4-7-5/h1-4H. The van der Waals surface area contributed by atoms with Crippen LogP contribution in [-0.2, 0) is 0 Å². The van der Waals surface area contributed by atoms with Crippen LogP contribution in [0.5, 0.6) is 0 Å². The Hall–Kier alpha value is -0.0405. The van der Waals surface area contributed by atoms with Crippen molar-refractivity contribution in [2.45, 2.75) is 0 Å². The summed E-state index contributed by atoms with van der Waals surface area (Å²) in [4.78, 5) is 3.99. The molecule has 42 valence electrons. The molecule has 0 aliphatic heterocycles. The monoisotopic (exact) mass is 193 g/mol. The molecule has 0 amide bonds. The quantitative estimate of drug-likeness (QED) is 0.593. The molecule has 8 heavy (non-hydrogen) atoms. The van der Waals surface area contributed by atoms with E-state index in [4.69, 9.17) is 10.1 Å². The predicted molar refractivity (Wildman–Crippen MR) is 35.5 cm³/mol. The van der Waals surface area contributed by atoms with E-state index < -0.39 is 0 Å². The second-order valence-electron chi connectivity index (χ2n) is 1.25. The molecule has 0 saturated carbocycles. The average molecular weight is 193 g/mol. The first kappa shape index (κ1) is 6.09. The molecule has 0 bridgehead atoms. The zero-order valence-electron chi connectivity index (χ0n) is 4.04. The SMILES string of the molecule is Cl[Se]c1ccccn1. The van der Waals surface area contributed by atoms with E-state index in [0.717, 1.165) is 4.59 Å². The van der Waals surface area contributed by atoms with E-state index >= 15 is 0 Å². The fourth-order valence-corrected chi connectivity index (χ4v) is 1.35. The molecule has 0 aliphatic carbocycles. The van der Waals surface area contributed by atoms with Crippen molar-refractivity contribution in [1.82, 2.24) is 4.98 Å². The van der Waals surface area contributed by atoms with Gasteiger partial charge in [0.15, 0.2) is 0 Å². The molecule has 3 heteroatoms. The van der Waals surface area contributed by atoms with Gasteiger partial charge in [-0.1, -0.05) is 0 Å². The molecular formula is C5H4ClNSe. The molecule has 1 aromatic rings. The second kappa shape index (κ2) is 3.08. The first-order valence-corrected chi connectivity index (χ1v) is 5.24. The van der Waals surface area contributed by atoms with Gasteiger partial charge in [0.25, 0.3) is 0 Å². The van der Waals surface area contributed by atoms with Crippen LogP contribution in [0.2, 0.25) is 0 Å². The predicted octanol–water partition coefficient (Wildman–Crippen LogP) is 0.565. The van der Waals surface area contributed by atoms with E-state index in [9.17, 15) is 0 Å². The molecule has 0 aromatic carbocycles. The van der Waals surface area contributed by atoms with E-state index in [1.165, 1.54) is 0 Å². The van der Waals surface area contributed by atoms with Crippen LogP contribution in [0.15, 0.2) is 24.4 Å². The zero-order valence-corrected chi connectivity index (χ0v) is 6.51. The molecule has 0 fully saturated rings. The summed E-state index contributed by atoms with van der Waals surface area (Å²) in [6.07, 6.45) is 1.75. The molecule has 0 saturated heterocycles. The minimum atomic E-state index is 0.0290. The van der Waals surface area contributed by atoms with Gasteiger partial charge in [0, 0.05) is 0 Å². The number of aromatic nitrogens is 1. The molecule has 0 N–H and O–H groups in total. The number of hydrogen-bond donors (Lipinski definition) is 0. The number of nitrogens with zero attached hydrogens (tertiary/aromatic N) is 1. The summed E-state index contributed by atoms with van der Waals surface area (Å²) in [5.74, 6) is 0. The number of halogens is 1. The van der Waals surface area contributed by atoms with Crippen molar-refractivity contribution in [2.75, 3.05) is 0 Å². The topological polar surface area (TPSA) is 12.9 Å². The average Bonchev–Trinajstić information content (AvgIpc) is 1.90. The van der Waals surface area contributed by atoms with E-state index in [0.29, 0.717) is 0 Å². The van der Waals surface area contributed by atoms with E-state index in [1.54, 1.807) is 6.20 Å². The van der Waals surface area contributed by atoms with Crippen molar-refractivity contribution in [2.24, 2.45) is 0 Å². The first-order chi connectivity index (χ1) is 3.93. The number of hydrogen-bond acceptors (Lipinski definition) is 1. The molecule has 1 nitrogen and oxygen atoms in total. The molecule has 0 radical (unpaired) electrons. The summed E-state index contributed by atoms with van der Waals surface area (Å²) in [6, 6.07) is 5.74. The summed E-state index contributed by atoms with van der Waals surface area (Å²) >= 11 is 0.0290. The van der Waals surface area contributed by atoms with Gasteiger partial charge in [-0.2, -0.15) is 0 Å². The molecular weight excluding hydrogens is 188 g/mol. The Labute approximate surface area is 58.5 Å². The fraction of sp³-hybridized carbons (Fsp3) is 0. The third-order valence-electron chi connectivity index (χ3n) is 0.717. The minimum absolute atomic E-state index is 0.0290. The molecule has 1 aromatic heterocycles. The normalized spacial score (nSPS) is 9.12. The van der Waals surface area contributed by atoms with Gasteiger partial charge < -0.3 is 0 Å².